The first-order valence-electron chi connectivity index (χ1n) is 11.6. The van der Waals surface area contributed by atoms with Gasteiger partial charge >= 0.3 is 0 Å². The Morgan fingerprint density at radius 1 is 1.06 bits per heavy atom. The number of carbonyl (C=O) groups is 1. The topological polar surface area (TPSA) is 64.6 Å². The molecule has 3 aromatic rings. The van der Waals surface area contributed by atoms with Crippen molar-refractivity contribution in [2.75, 3.05) is 48.2 Å². The minimum absolute atomic E-state index is 0.240. The highest BCUT2D eigenvalue weighted by molar-refractivity contribution is 7.99. The van der Waals surface area contributed by atoms with Crippen LogP contribution >= 0.6 is 46.6 Å². The van der Waals surface area contributed by atoms with Crippen molar-refractivity contribution in [2.45, 2.75) is 23.9 Å². The van der Waals surface area contributed by atoms with Gasteiger partial charge < -0.3 is 15.1 Å². The summed E-state index contributed by atoms with van der Waals surface area (Å²) in [6.07, 6.45) is 3.76. The molecule has 0 aliphatic carbocycles. The summed E-state index contributed by atoms with van der Waals surface area (Å²) in [4.78, 5) is 28.3. The molecule has 0 bridgehead atoms. The predicted octanol–water partition coefficient (Wildman–Crippen LogP) is 6.42. The maximum Gasteiger partial charge on any atom is 0.263 e. The lowest BCUT2D eigenvalue weighted by atomic mass is 10.0. The monoisotopic (exact) mass is 562 g/mol. The largest absolute Gasteiger partial charge is 0.370 e. The number of hydrogen-bond acceptors (Lipinski definition) is 7. The maximum atomic E-state index is 13.2. The summed E-state index contributed by atoms with van der Waals surface area (Å²) in [7, 11) is 4.27. The molecule has 1 fully saturated rings. The van der Waals surface area contributed by atoms with E-state index in [2.05, 4.69) is 39.2 Å². The van der Waals surface area contributed by atoms with E-state index < -0.39 is 0 Å². The molecular weight excluding hydrogens is 539 g/mol. The Hall–Kier alpha value is -2.23. The third-order valence-electron chi connectivity index (χ3n) is 6.51. The smallest absolute Gasteiger partial charge is 0.263 e. The Morgan fingerprint density at radius 2 is 1.78 bits per heavy atom. The molecule has 2 aliphatic rings. The second-order valence-corrected chi connectivity index (χ2v) is 11.1. The fourth-order valence-electron chi connectivity index (χ4n) is 4.52. The van der Waals surface area contributed by atoms with Gasteiger partial charge in [-0.25, -0.2) is 9.97 Å². The Labute approximate surface area is 229 Å². The fraction of sp³-hybridized carbons (Fsp3) is 0.320. The second kappa shape index (κ2) is 10.6. The summed E-state index contributed by atoms with van der Waals surface area (Å²) < 4.78 is 0. The number of rotatable bonds is 5. The lowest BCUT2D eigenvalue weighted by Gasteiger charge is -2.36. The number of amides is 1. The molecule has 1 aromatic heterocycles. The van der Waals surface area contributed by atoms with Crippen molar-refractivity contribution in [3.63, 3.8) is 0 Å². The fourth-order valence-corrected chi connectivity index (χ4v) is 6.37. The van der Waals surface area contributed by atoms with E-state index in [1.54, 1.807) is 23.1 Å². The molecule has 7 nitrogen and oxygen atoms in total. The first-order chi connectivity index (χ1) is 17.3. The van der Waals surface area contributed by atoms with Gasteiger partial charge in [0.2, 0.25) is 5.95 Å². The van der Waals surface area contributed by atoms with Gasteiger partial charge in [0.15, 0.2) is 0 Å². The van der Waals surface area contributed by atoms with Gasteiger partial charge in [0.25, 0.3) is 5.91 Å². The zero-order valence-electron chi connectivity index (χ0n) is 19.8. The standard InChI is InChI=1S/C25H25Cl3N6OS/c1-32(2)16-8-10-33(11-9-16)21-7-6-15(12-20(21)28)30-25-29-13-17-23(31-25)36-14-34(24(17)35)22-18(26)4-3-5-19(22)27/h3-7,12-13,16H,8-11,14H2,1-2H3,(H,29,30,31). The van der Waals surface area contributed by atoms with Crippen LogP contribution in [-0.2, 0) is 0 Å². The van der Waals surface area contributed by atoms with Crippen LogP contribution in [0, 0.1) is 0 Å². The van der Waals surface area contributed by atoms with Crippen LogP contribution in [0.15, 0.2) is 47.6 Å². The number of hydrogen-bond donors (Lipinski definition) is 1. The van der Waals surface area contributed by atoms with Gasteiger partial charge in [-0.15, -0.1) is 0 Å². The Kier molecular flexibility index (Phi) is 7.51. The van der Waals surface area contributed by atoms with Gasteiger partial charge in [0.05, 0.1) is 37.9 Å². The molecule has 2 aromatic carbocycles. The average Bonchev–Trinajstić information content (AvgIpc) is 2.85. The molecule has 1 saturated heterocycles. The molecule has 2 aliphatic heterocycles. The average molecular weight is 564 g/mol. The number of para-hydroxylation sites is 1. The third-order valence-corrected chi connectivity index (χ3v) is 8.39. The van der Waals surface area contributed by atoms with Crippen LogP contribution < -0.4 is 15.1 Å². The Morgan fingerprint density at radius 3 is 2.44 bits per heavy atom. The number of thioether (sulfide) groups is 1. The molecule has 1 amide bonds. The van der Waals surface area contributed by atoms with Crippen LogP contribution in [0.2, 0.25) is 15.1 Å². The zero-order chi connectivity index (χ0) is 25.4. The van der Waals surface area contributed by atoms with Crippen molar-refractivity contribution in [2.24, 2.45) is 0 Å². The van der Waals surface area contributed by atoms with Gasteiger partial charge in [0, 0.05) is 31.0 Å². The molecule has 36 heavy (non-hydrogen) atoms. The van der Waals surface area contributed by atoms with E-state index in [9.17, 15) is 4.79 Å². The molecule has 0 spiro atoms. The number of nitrogens with one attached hydrogen (secondary N) is 1. The highest BCUT2D eigenvalue weighted by Crippen LogP contribution is 2.39. The van der Waals surface area contributed by atoms with Crippen molar-refractivity contribution in [3.05, 3.63) is 63.2 Å². The summed E-state index contributed by atoms with van der Waals surface area (Å²) >= 11 is 20.7. The SMILES string of the molecule is CN(C)C1CCN(c2ccc(Nc3ncc4c(n3)SCN(c3c(Cl)cccc3Cl)C4=O)cc2Cl)CC1. The summed E-state index contributed by atoms with van der Waals surface area (Å²) in [5, 5.41) is 5.33. The third kappa shape index (κ3) is 5.10. The van der Waals surface area contributed by atoms with E-state index in [0.29, 0.717) is 49.2 Å². The molecule has 11 heteroatoms. The van der Waals surface area contributed by atoms with Gasteiger partial charge in [-0.05, 0) is 57.3 Å². The highest BCUT2D eigenvalue weighted by atomic mass is 35.5. The van der Waals surface area contributed by atoms with Crippen LogP contribution in [0.25, 0.3) is 0 Å². The Bertz CT molecular complexity index is 1280. The summed E-state index contributed by atoms with van der Waals surface area (Å²) in [6, 6.07) is 11.7. The van der Waals surface area contributed by atoms with E-state index in [4.69, 9.17) is 34.8 Å². The zero-order valence-corrected chi connectivity index (χ0v) is 22.9. The number of nitrogens with zero attached hydrogens (tertiary/aromatic N) is 5. The molecule has 0 saturated carbocycles. The molecule has 5 rings (SSSR count). The van der Waals surface area contributed by atoms with Gasteiger partial charge in [-0.3, -0.25) is 9.69 Å². The van der Waals surface area contributed by atoms with Crippen LogP contribution in [0.3, 0.4) is 0 Å². The van der Waals surface area contributed by atoms with E-state index in [1.165, 1.54) is 18.0 Å². The first kappa shape index (κ1) is 25.4. The number of fused-ring (bicyclic) bond motifs is 1. The Balaban J connectivity index is 1.29. The first-order valence-corrected chi connectivity index (χ1v) is 13.7. The lowest BCUT2D eigenvalue weighted by molar-refractivity contribution is 0.0985. The van der Waals surface area contributed by atoms with Crippen molar-refractivity contribution < 1.29 is 4.79 Å². The summed E-state index contributed by atoms with van der Waals surface area (Å²) in [5.41, 5.74) is 2.71. The molecule has 0 radical (unpaired) electrons. The van der Waals surface area contributed by atoms with Crippen LogP contribution in [-0.4, -0.2) is 59.9 Å². The predicted molar refractivity (Wildman–Crippen MR) is 150 cm³/mol. The highest BCUT2D eigenvalue weighted by Gasteiger charge is 2.30. The molecule has 1 N–H and O–H groups in total. The quantitative estimate of drug-likeness (QED) is 0.359. The van der Waals surface area contributed by atoms with Gasteiger partial charge in [0.1, 0.15) is 5.03 Å². The number of halogens is 3. The van der Waals surface area contributed by atoms with Gasteiger partial charge in [-0.2, -0.15) is 0 Å². The van der Waals surface area contributed by atoms with E-state index in [-0.39, 0.29) is 5.91 Å². The second-order valence-electron chi connectivity index (χ2n) is 8.96. The molecule has 188 valence electrons. The van der Waals surface area contributed by atoms with Crippen molar-refractivity contribution in [1.29, 1.82) is 0 Å². The number of benzene rings is 2. The number of aromatic nitrogens is 2. The molecule has 0 unspecified atom stereocenters. The number of carbonyl (C=O) groups excluding carboxylic acids is 1. The number of anilines is 4. The van der Waals surface area contributed by atoms with E-state index in [0.717, 1.165) is 37.3 Å². The number of piperidine rings is 1. The molecular formula is C25H25Cl3N6OS. The van der Waals surface area contributed by atoms with Gasteiger partial charge in [-0.1, -0.05) is 52.6 Å². The van der Waals surface area contributed by atoms with Crippen molar-refractivity contribution in [3.8, 4) is 0 Å². The normalized spacial score (nSPS) is 16.4. The van der Waals surface area contributed by atoms with E-state index >= 15 is 0 Å². The molecule has 3 heterocycles. The lowest BCUT2D eigenvalue weighted by Crippen LogP contribution is -2.42. The maximum absolute atomic E-state index is 13.2. The summed E-state index contributed by atoms with van der Waals surface area (Å²) in [6.45, 7) is 1.95. The van der Waals surface area contributed by atoms with Crippen molar-refractivity contribution >= 4 is 75.5 Å². The van der Waals surface area contributed by atoms with Crippen LogP contribution in [0.1, 0.15) is 23.2 Å². The minimum Gasteiger partial charge on any atom is -0.370 e. The summed E-state index contributed by atoms with van der Waals surface area (Å²) in [5.74, 6) is 0.501. The van der Waals surface area contributed by atoms with Crippen LogP contribution in [0.5, 0.6) is 0 Å². The molecule has 0 atom stereocenters. The van der Waals surface area contributed by atoms with Crippen LogP contribution in [0.4, 0.5) is 23.0 Å². The minimum atomic E-state index is -0.240. The van der Waals surface area contributed by atoms with Crippen molar-refractivity contribution in [1.82, 2.24) is 14.9 Å². The van der Waals surface area contributed by atoms with E-state index in [1.807, 2.05) is 18.2 Å².